The minimum Gasteiger partial charge on any atom is -0.486 e. The number of ether oxygens (including phenoxy) is 3. The summed E-state index contributed by atoms with van der Waals surface area (Å²) >= 11 is 0. The molecule has 3 heterocycles. The number of hydrogen-bond donors (Lipinski definition) is 0. The van der Waals surface area contributed by atoms with E-state index in [1.54, 1.807) is 11.0 Å². The summed E-state index contributed by atoms with van der Waals surface area (Å²) in [5, 5.41) is 0. The number of sulfonamides is 1. The second kappa shape index (κ2) is 7.05. The zero-order valence-corrected chi connectivity index (χ0v) is 15.2. The van der Waals surface area contributed by atoms with Gasteiger partial charge in [0.15, 0.2) is 11.5 Å². The van der Waals surface area contributed by atoms with Crippen LogP contribution in [-0.2, 0) is 19.6 Å². The molecule has 1 amide bonds. The lowest BCUT2D eigenvalue weighted by molar-refractivity contribution is -0.142. The molecule has 4 rings (SSSR count). The fourth-order valence-electron chi connectivity index (χ4n) is 3.46. The van der Waals surface area contributed by atoms with Gasteiger partial charge < -0.3 is 19.1 Å². The highest BCUT2D eigenvalue weighted by molar-refractivity contribution is 7.89. The number of benzene rings is 1. The van der Waals surface area contributed by atoms with Crippen molar-refractivity contribution in [1.29, 1.82) is 0 Å². The van der Waals surface area contributed by atoms with E-state index in [1.807, 2.05) is 0 Å². The van der Waals surface area contributed by atoms with Crippen molar-refractivity contribution in [2.24, 2.45) is 0 Å². The van der Waals surface area contributed by atoms with E-state index in [1.165, 1.54) is 16.4 Å². The highest BCUT2D eigenvalue weighted by Crippen LogP contribution is 2.33. The normalized spacial score (nSPS) is 23.8. The van der Waals surface area contributed by atoms with E-state index in [4.69, 9.17) is 14.2 Å². The smallest absolute Gasteiger partial charge is 0.251 e. The molecule has 0 bridgehead atoms. The van der Waals surface area contributed by atoms with E-state index in [2.05, 4.69) is 0 Å². The molecule has 0 unspecified atom stereocenters. The third kappa shape index (κ3) is 3.26. The predicted molar refractivity (Wildman–Crippen MR) is 91.7 cm³/mol. The summed E-state index contributed by atoms with van der Waals surface area (Å²) in [6.07, 6.45) is 1.28. The maximum Gasteiger partial charge on any atom is 0.251 e. The van der Waals surface area contributed by atoms with E-state index >= 15 is 0 Å². The van der Waals surface area contributed by atoms with Crippen LogP contribution >= 0.6 is 0 Å². The molecule has 0 aromatic heterocycles. The first kappa shape index (κ1) is 17.6. The Morgan fingerprint density at radius 2 is 1.73 bits per heavy atom. The summed E-state index contributed by atoms with van der Waals surface area (Å²) in [5.41, 5.74) is 0. The molecule has 142 valence electrons. The molecule has 0 radical (unpaired) electrons. The van der Waals surface area contributed by atoms with Gasteiger partial charge in [0.2, 0.25) is 10.0 Å². The number of carbonyl (C=O) groups is 1. The number of piperazine rings is 1. The molecule has 1 aromatic carbocycles. The molecule has 0 saturated carbocycles. The number of rotatable bonds is 3. The topological polar surface area (TPSA) is 85.4 Å². The van der Waals surface area contributed by atoms with Crippen molar-refractivity contribution in [1.82, 2.24) is 9.21 Å². The second-order valence-electron chi connectivity index (χ2n) is 6.54. The highest BCUT2D eigenvalue weighted by atomic mass is 32.2. The summed E-state index contributed by atoms with van der Waals surface area (Å²) in [6.45, 7) is 2.78. The summed E-state index contributed by atoms with van der Waals surface area (Å²) in [4.78, 5) is 14.3. The zero-order chi connectivity index (χ0) is 18.1. The van der Waals surface area contributed by atoms with Crippen molar-refractivity contribution in [3.8, 4) is 11.5 Å². The molecule has 1 aromatic rings. The molecule has 9 heteroatoms. The largest absolute Gasteiger partial charge is 0.486 e. The van der Waals surface area contributed by atoms with Gasteiger partial charge in [0.05, 0.1) is 4.90 Å². The van der Waals surface area contributed by atoms with Crippen LogP contribution in [0.4, 0.5) is 0 Å². The van der Waals surface area contributed by atoms with Gasteiger partial charge in [-0.3, -0.25) is 4.79 Å². The first-order valence-corrected chi connectivity index (χ1v) is 10.3. The molecule has 0 aliphatic carbocycles. The lowest BCUT2D eigenvalue weighted by atomic mass is 10.2. The highest BCUT2D eigenvalue weighted by Gasteiger charge is 2.34. The molecule has 0 N–H and O–H groups in total. The van der Waals surface area contributed by atoms with E-state index in [0.717, 1.165) is 12.8 Å². The van der Waals surface area contributed by atoms with Crippen molar-refractivity contribution in [2.75, 3.05) is 46.0 Å². The number of fused-ring (bicyclic) bond motifs is 1. The average molecular weight is 382 g/mol. The van der Waals surface area contributed by atoms with Crippen LogP contribution in [0.5, 0.6) is 11.5 Å². The van der Waals surface area contributed by atoms with Crippen LogP contribution in [0.3, 0.4) is 0 Å². The van der Waals surface area contributed by atoms with Gasteiger partial charge in [-0.15, -0.1) is 0 Å². The molecule has 2 fully saturated rings. The van der Waals surface area contributed by atoms with E-state index < -0.39 is 10.0 Å². The molecule has 8 nitrogen and oxygen atoms in total. The lowest BCUT2D eigenvalue weighted by Gasteiger charge is -2.35. The number of carbonyl (C=O) groups excluding carboxylic acids is 1. The molecular weight excluding hydrogens is 360 g/mol. The Labute approximate surface area is 152 Å². The summed E-state index contributed by atoms with van der Waals surface area (Å²) in [5.74, 6) is 0.977. The Hall–Kier alpha value is -1.84. The Morgan fingerprint density at radius 1 is 1.00 bits per heavy atom. The number of nitrogens with zero attached hydrogens (tertiary/aromatic N) is 2. The molecule has 2 saturated heterocycles. The van der Waals surface area contributed by atoms with Crippen LogP contribution in [0.2, 0.25) is 0 Å². The Kier molecular flexibility index (Phi) is 4.76. The van der Waals surface area contributed by atoms with Gasteiger partial charge in [-0.2, -0.15) is 4.31 Å². The standard InChI is InChI=1S/C17H22N2O6S/c20-17(15-2-1-9-23-15)18-5-7-19(8-6-18)26(21,22)13-3-4-14-16(12-13)25-11-10-24-14/h3-4,12,15H,1-2,5-11H2/t15-/m1/s1. The average Bonchev–Trinajstić information content (AvgIpc) is 3.22. The Bertz CT molecular complexity index is 782. The van der Waals surface area contributed by atoms with E-state index in [0.29, 0.717) is 44.4 Å². The first-order valence-electron chi connectivity index (χ1n) is 8.86. The SMILES string of the molecule is O=C([C@H]1CCCO1)N1CCN(S(=O)(=O)c2ccc3c(c2)OCCO3)CC1. The summed E-state index contributed by atoms with van der Waals surface area (Å²) in [6, 6.07) is 4.67. The third-order valence-electron chi connectivity index (χ3n) is 4.91. The lowest BCUT2D eigenvalue weighted by Crippen LogP contribution is -2.52. The number of hydrogen-bond acceptors (Lipinski definition) is 6. The molecule has 3 aliphatic heterocycles. The predicted octanol–water partition coefficient (Wildman–Crippen LogP) is 0.470. The van der Waals surface area contributed by atoms with Crippen molar-refractivity contribution >= 4 is 15.9 Å². The van der Waals surface area contributed by atoms with Crippen molar-refractivity contribution in [3.05, 3.63) is 18.2 Å². The maximum atomic E-state index is 12.9. The van der Waals surface area contributed by atoms with Gasteiger partial charge >= 0.3 is 0 Å². The van der Waals surface area contributed by atoms with Crippen LogP contribution < -0.4 is 9.47 Å². The second-order valence-corrected chi connectivity index (χ2v) is 8.47. The van der Waals surface area contributed by atoms with Crippen molar-refractivity contribution in [2.45, 2.75) is 23.8 Å². The van der Waals surface area contributed by atoms with E-state index in [9.17, 15) is 13.2 Å². The monoisotopic (exact) mass is 382 g/mol. The van der Waals surface area contributed by atoms with Crippen LogP contribution in [0.1, 0.15) is 12.8 Å². The fourth-order valence-corrected chi connectivity index (χ4v) is 4.90. The van der Waals surface area contributed by atoms with Crippen molar-refractivity contribution < 1.29 is 27.4 Å². The van der Waals surface area contributed by atoms with Crippen LogP contribution in [0, 0.1) is 0 Å². The molecule has 0 spiro atoms. The molecule has 1 atom stereocenters. The number of amides is 1. The zero-order valence-electron chi connectivity index (χ0n) is 14.4. The Morgan fingerprint density at radius 3 is 2.42 bits per heavy atom. The third-order valence-corrected chi connectivity index (χ3v) is 6.80. The van der Waals surface area contributed by atoms with Gasteiger partial charge in [-0.1, -0.05) is 0 Å². The minimum atomic E-state index is -3.64. The van der Waals surface area contributed by atoms with Gasteiger partial charge in [0, 0.05) is 38.9 Å². The maximum absolute atomic E-state index is 12.9. The summed E-state index contributed by atoms with van der Waals surface area (Å²) in [7, 11) is -3.64. The van der Waals surface area contributed by atoms with Gasteiger partial charge in [0.1, 0.15) is 19.3 Å². The van der Waals surface area contributed by atoms with Gasteiger partial charge in [-0.25, -0.2) is 8.42 Å². The quantitative estimate of drug-likeness (QED) is 0.756. The van der Waals surface area contributed by atoms with Crippen LogP contribution in [0.15, 0.2) is 23.1 Å². The summed E-state index contributed by atoms with van der Waals surface area (Å²) < 4.78 is 43.6. The van der Waals surface area contributed by atoms with Gasteiger partial charge in [0.25, 0.3) is 5.91 Å². The molecule has 26 heavy (non-hydrogen) atoms. The Balaban J connectivity index is 1.44. The molecule has 3 aliphatic rings. The first-order chi connectivity index (χ1) is 12.6. The van der Waals surface area contributed by atoms with Gasteiger partial charge in [-0.05, 0) is 25.0 Å². The van der Waals surface area contributed by atoms with Crippen LogP contribution in [0.25, 0.3) is 0 Å². The molecular formula is C17H22N2O6S. The van der Waals surface area contributed by atoms with Crippen molar-refractivity contribution in [3.63, 3.8) is 0 Å². The fraction of sp³-hybridized carbons (Fsp3) is 0.588. The van der Waals surface area contributed by atoms with Crippen LogP contribution in [-0.4, -0.2) is 75.6 Å². The minimum absolute atomic E-state index is 0.0288. The van der Waals surface area contributed by atoms with E-state index in [-0.39, 0.29) is 30.0 Å².